The highest BCUT2D eigenvalue weighted by atomic mass is 79.9. The number of benzene rings is 2. The summed E-state index contributed by atoms with van der Waals surface area (Å²) in [5, 5.41) is 12.1. The van der Waals surface area contributed by atoms with Crippen LogP contribution in [-0.2, 0) is 4.79 Å². The topological polar surface area (TPSA) is 65.4 Å². The number of nitriles is 1. The van der Waals surface area contributed by atoms with Crippen molar-refractivity contribution in [1.29, 1.82) is 5.26 Å². The lowest BCUT2D eigenvalue weighted by Gasteiger charge is -2.14. The van der Waals surface area contributed by atoms with E-state index < -0.39 is 5.91 Å². The standard InChI is InChI=1S/C20H20BrN3O2/c1-4-26-17-8-6-16(7-9-17)23-20(25)15(13-22)11-14-5-10-19(24(2)3)18(21)12-14/h5-12H,4H2,1-3H3,(H,23,25). The molecule has 0 heterocycles. The van der Waals surface area contributed by atoms with Crippen LogP contribution >= 0.6 is 15.9 Å². The average molecular weight is 414 g/mol. The highest BCUT2D eigenvalue weighted by Gasteiger charge is 2.10. The van der Waals surface area contributed by atoms with E-state index in [-0.39, 0.29) is 5.57 Å². The quantitative estimate of drug-likeness (QED) is 0.560. The third kappa shape index (κ3) is 5.11. The normalized spacial score (nSPS) is 10.8. The first kappa shape index (κ1) is 19.5. The summed E-state index contributed by atoms with van der Waals surface area (Å²) in [6.45, 7) is 2.48. The van der Waals surface area contributed by atoms with E-state index >= 15 is 0 Å². The molecule has 134 valence electrons. The van der Waals surface area contributed by atoms with Gasteiger partial charge >= 0.3 is 0 Å². The molecule has 0 aliphatic rings. The second-order valence-electron chi connectivity index (χ2n) is 5.69. The number of nitrogens with zero attached hydrogens (tertiary/aromatic N) is 2. The van der Waals surface area contributed by atoms with Gasteiger partial charge in [0.1, 0.15) is 17.4 Å². The van der Waals surface area contributed by atoms with Gasteiger partial charge in [0, 0.05) is 24.3 Å². The van der Waals surface area contributed by atoms with Crippen molar-refractivity contribution < 1.29 is 9.53 Å². The zero-order chi connectivity index (χ0) is 19.1. The number of anilines is 2. The van der Waals surface area contributed by atoms with Crippen LogP contribution in [0.1, 0.15) is 12.5 Å². The SMILES string of the molecule is CCOc1ccc(NC(=O)C(C#N)=Cc2ccc(N(C)C)c(Br)c2)cc1. The van der Waals surface area contributed by atoms with Gasteiger partial charge in [-0.25, -0.2) is 0 Å². The number of ether oxygens (including phenoxy) is 1. The fourth-order valence-corrected chi connectivity index (χ4v) is 3.04. The second-order valence-corrected chi connectivity index (χ2v) is 6.54. The molecule has 2 aromatic carbocycles. The molecule has 0 saturated carbocycles. The molecule has 2 rings (SSSR count). The minimum absolute atomic E-state index is 0.0309. The molecule has 6 heteroatoms. The maximum atomic E-state index is 12.4. The van der Waals surface area contributed by atoms with Crippen LogP contribution in [0.5, 0.6) is 5.75 Å². The molecule has 0 atom stereocenters. The molecule has 0 bridgehead atoms. The number of carbonyl (C=O) groups excluding carboxylic acids is 1. The summed E-state index contributed by atoms with van der Waals surface area (Å²) in [6, 6.07) is 14.6. The molecule has 1 amide bonds. The van der Waals surface area contributed by atoms with E-state index in [1.807, 2.05) is 50.2 Å². The Kier molecular flexibility index (Phi) is 6.81. The van der Waals surface area contributed by atoms with Crippen LogP contribution in [0.2, 0.25) is 0 Å². The van der Waals surface area contributed by atoms with Crippen LogP contribution in [0.15, 0.2) is 52.5 Å². The van der Waals surface area contributed by atoms with Gasteiger partial charge in [-0.3, -0.25) is 4.79 Å². The number of nitrogens with one attached hydrogen (secondary N) is 1. The summed E-state index contributed by atoms with van der Waals surface area (Å²) in [5.41, 5.74) is 2.41. The van der Waals surface area contributed by atoms with E-state index in [1.54, 1.807) is 30.3 Å². The summed E-state index contributed by atoms with van der Waals surface area (Å²) in [4.78, 5) is 14.3. The Bertz CT molecular complexity index is 852. The molecule has 0 spiro atoms. The average Bonchev–Trinajstić information content (AvgIpc) is 2.61. The minimum atomic E-state index is -0.454. The lowest BCUT2D eigenvalue weighted by molar-refractivity contribution is -0.112. The minimum Gasteiger partial charge on any atom is -0.494 e. The van der Waals surface area contributed by atoms with Gasteiger partial charge in [0.25, 0.3) is 5.91 Å². The smallest absolute Gasteiger partial charge is 0.266 e. The highest BCUT2D eigenvalue weighted by Crippen LogP contribution is 2.26. The van der Waals surface area contributed by atoms with E-state index in [2.05, 4.69) is 21.2 Å². The Labute approximate surface area is 162 Å². The van der Waals surface area contributed by atoms with Gasteiger partial charge in [-0.1, -0.05) is 6.07 Å². The maximum Gasteiger partial charge on any atom is 0.266 e. The lowest BCUT2D eigenvalue weighted by Crippen LogP contribution is -2.13. The van der Waals surface area contributed by atoms with Gasteiger partial charge in [0.05, 0.1) is 12.3 Å². The van der Waals surface area contributed by atoms with E-state index in [0.29, 0.717) is 12.3 Å². The second kappa shape index (κ2) is 9.07. The van der Waals surface area contributed by atoms with Gasteiger partial charge in [0.2, 0.25) is 0 Å². The molecule has 5 nitrogen and oxygen atoms in total. The van der Waals surface area contributed by atoms with Crippen molar-refractivity contribution in [3.8, 4) is 11.8 Å². The predicted molar refractivity (Wildman–Crippen MR) is 108 cm³/mol. The molecule has 0 fully saturated rings. The van der Waals surface area contributed by atoms with Gasteiger partial charge in [-0.2, -0.15) is 5.26 Å². The summed E-state index contributed by atoms with van der Waals surface area (Å²) in [6.07, 6.45) is 1.56. The number of amides is 1. The van der Waals surface area contributed by atoms with Crippen LogP contribution in [0.25, 0.3) is 6.08 Å². The molecule has 2 aromatic rings. The van der Waals surface area contributed by atoms with Crippen molar-refractivity contribution in [2.24, 2.45) is 0 Å². The molecule has 26 heavy (non-hydrogen) atoms. The van der Waals surface area contributed by atoms with Crippen molar-refractivity contribution in [3.63, 3.8) is 0 Å². The van der Waals surface area contributed by atoms with Gasteiger partial charge in [-0.15, -0.1) is 0 Å². The zero-order valence-electron chi connectivity index (χ0n) is 14.9. The van der Waals surface area contributed by atoms with Crippen molar-refractivity contribution >= 4 is 39.3 Å². The first-order chi connectivity index (χ1) is 12.4. The van der Waals surface area contributed by atoms with Crippen molar-refractivity contribution in [3.05, 3.63) is 58.1 Å². The Morgan fingerprint density at radius 1 is 1.27 bits per heavy atom. The third-order valence-electron chi connectivity index (χ3n) is 3.55. The summed E-state index contributed by atoms with van der Waals surface area (Å²) < 4.78 is 6.26. The first-order valence-electron chi connectivity index (χ1n) is 8.07. The van der Waals surface area contributed by atoms with Crippen LogP contribution in [0, 0.1) is 11.3 Å². The highest BCUT2D eigenvalue weighted by molar-refractivity contribution is 9.10. The van der Waals surface area contributed by atoms with Crippen molar-refractivity contribution in [1.82, 2.24) is 0 Å². The van der Waals surface area contributed by atoms with E-state index in [4.69, 9.17) is 4.74 Å². The summed E-state index contributed by atoms with van der Waals surface area (Å²) in [5.74, 6) is 0.275. The van der Waals surface area contributed by atoms with Crippen molar-refractivity contribution in [2.45, 2.75) is 6.92 Å². The number of rotatable bonds is 6. The molecular formula is C20H20BrN3O2. The van der Waals surface area contributed by atoms with E-state index in [0.717, 1.165) is 21.5 Å². The predicted octanol–water partition coefficient (Wildman–Crippen LogP) is 4.46. The van der Waals surface area contributed by atoms with Gasteiger partial charge in [0.15, 0.2) is 0 Å². The van der Waals surface area contributed by atoms with Gasteiger partial charge < -0.3 is 15.0 Å². The molecule has 0 saturated heterocycles. The van der Waals surface area contributed by atoms with E-state index in [1.165, 1.54) is 0 Å². The monoisotopic (exact) mass is 413 g/mol. The Morgan fingerprint density at radius 2 is 1.96 bits per heavy atom. The maximum absolute atomic E-state index is 12.4. The number of carbonyl (C=O) groups is 1. The number of hydrogen-bond acceptors (Lipinski definition) is 4. The Balaban J connectivity index is 2.16. The molecule has 0 aromatic heterocycles. The molecule has 0 aliphatic heterocycles. The fourth-order valence-electron chi connectivity index (χ4n) is 2.29. The van der Waals surface area contributed by atoms with Crippen LogP contribution in [-0.4, -0.2) is 26.6 Å². The van der Waals surface area contributed by atoms with Gasteiger partial charge in [-0.05, 0) is 70.9 Å². The summed E-state index contributed by atoms with van der Waals surface area (Å²) >= 11 is 3.50. The molecule has 1 N–H and O–H groups in total. The van der Waals surface area contributed by atoms with Crippen LogP contribution < -0.4 is 15.0 Å². The number of halogens is 1. The van der Waals surface area contributed by atoms with E-state index in [9.17, 15) is 10.1 Å². The summed E-state index contributed by atoms with van der Waals surface area (Å²) in [7, 11) is 3.89. The molecular weight excluding hydrogens is 394 g/mol. The largest absolute Gasteiger partial charge is 0.494 e. The third-order valence-corrected chi connectivity index (χ3v) is 4.19. The van der Waals surface area contributed by atoms with Crippen LogP contribution in [0.4, 0.5) is 11.4 Å². The molecule has 0 unspecified atom stereocenters. The first-order valence-corrected chi connectivity index (χ1v) is 8.86. The molecule has 0 aliphatic carbocycles. The van der Waals surface area contributed by atoms with Crippen LogP contribution in [0.3, 0.4) is 0 Å². The molecule has 0 radical (unpaired) electrons. The van der Waals surface area contributed by atoms with Crippen molar-refractivity contribution in [2.75, 3.05) is 30.9 Å². The Morgan fingerprint density at radius 3 is 2.50 bits per heavy atom. The zero-order valence-corrected chi connectivity index (χ0v) is 16.5. The fraction of sp³-hybridized carbons (Fsp3) is 0.200. The Hall–Kier alpha value is -2.78. The number of hydrogen-bond donors (Lipinski definition) is 1. The lowest BCUT2D eigenvalue weighted by atomic mass is 10.1.